The zero-order valence-electron chi connectivity index (χ0n) is 21.6. The summed E-state index contributed by atoms with van der Waals surface area (Å²) in [4.78, 5) is 29.0. The molecule has 9 nitrogen and oxygen atoms in total. The summed E-state index contributed by atoms with van der Waals surface area (Å²) in [6, 6.07) is 18.9. The van der Waals surface area contributed by atoms with Crippen LogP contribution in [0.5, 0.6) is 5.75 Å². The molecule has 1 N–H and O–H groups in total. The van der Waals surface area contributed by atoms with E-state index in [0.29, 0.717) is 42.1 Å². The second-order valence-corrected chi connectivity index (χ2v) is 9.24. The lowest BCUT2D eigenvalue weighted by atomic mass is 10.0. The van der Waals surface area contributed by atoms with Gasteiger partial charge in [-0.05, 0) is 61.7 Å². The van der Waals surface area contributed by atoms with Gasteiger partial charge in [0, 0.05) is 13.2 Å². The maximum Gasteiger partial charge on any atom is 0.249 e. The molecule has 1 aliphatic rings. The average Bonchev–Trinajstić information content (AvgIpc) is 3.62. The molecule has 2 atom stereocenters. The Kier molecular flexibility index (Phi) is 8.12. The summed E-state index contributed by atoms with van der Waals surface area (Å²) >= 11 is 0. The number of nitrogens with zero attached hydrogens (tertiary/aromatic N) is 4. The molecule has 202 valence electrons. The van der Waals surface area contributed by atoms with Crippen LogP contribution in [0.1, 0.15) is 31.4 Å². The van der Waals surface area contributed by atoms with Gasteiger partial charge in [0.2, 0.25) is 11.8 Å². The van der Waals surface area contributed by atoms with Crippen LogP contribution in [0.2, 0.25) is 0 Å². The van der Waals surface area contributed by atoms with Gasteiger partial charge in [0.25, 0.3) is 0 Å². The first kappa shape index (κ1) is 26.3. The number of anilines is 1. The van der Waals surface area contributed by atoms with E-state index in [0.717, 1.165) is 12.8 Å². The lowest BCUT2D eigenvalue weighted by Crippen LogP contribution is -2.47. The Labute approximate surface area is 225 Å². The van der Waals surface area contributed by atoms with Gasteiger partial charge < -0.3 is 14.8 Å². The Morgan fingerprint density at radius 2 is 1.90 bits per heavy atom. The van der Waals surface area contributed by atoms with E-state index < -0.39 is 23.7 Å². The first-order valence-corrected chi connectivity index (χ1v) is 13.0. The summed E-state index contributed by atoms with van der Waals surface area (Å²) in [6.07, 6.45) is 1.66. The number of fused-ring (bicyclic) bond motifs is 1. The van der Waals surface area contributed by atoms with Crippen molar-refractivity contribution in [3.63, 3.8) is 0 Å². The zero-order valence-corrected chi connectivity index (χ0v) is 21.6. The van der Waals surface area contributed by atoms with Gasteiger partial charge in [0.1, 0.15) is 29.7 Å². The Bertz CT molecular complexity index is 1440. The molecule has 3 aromatic carbocycles. The van der Waals surface area contributed by atoms with E-state index in [1.165, 1.54) is 27.8 Å². The Morgan fingerprint density at radius 3 is 2.64 bits per heavy atom. The summed E-state index contributed by atoms with van der Waals surface area (Å²) in [7, 11) is 0. The summed E-state index contributed by atoms with van der Waals surface area (Å²) < 4.78 is 27.9. The van der Waals surface area contributed by atoms with Crippen LogP contribution >= 0.6 is 0 Å². The van der Waals surface area contributed by atoms with Crippen LogP contribution < -0.4 is 15.0 Å². The van der Waals surface area contributed by atoms with Crippen LogP contribution in [0.25, 0.3) is 11.0 Å². The number of carbonyl (C=O) groups excluding carboxylic acids is 2. The largest absolute Gasteiger partial charge is 0.494 e. The highest BCUT2D eigenvalue weighted by Crippen LogP contribution is 2.31. The number of rotatable bonds is 10. The fraction of sp³-hybridized carbons (Fsp3) is 0.310. The van der Waals surface area contributed by atoms with Crippen molar-refractivity contribution in [2.24, 2.45) is 0 Å². The quantitative estimate of drug-likeness (QED) is 0.332. The first-order valence-electron chi connectivity index (χ1n) is 13.0. The molecule has 0 aliphatic carbocycles. The van der Waals surface area contributed by atoms with Crippen molar-refractivity contribution in [3.8, 4) is 5.75 Å². The molecule has 0 radical (unpaired) electrons. The molecule has 2 heterocycles. The highest BCUT2D eigenvalue weighted by Gasteiger charge is 2.35. The van der Waals surface area contributed by atoms with Crippen LogP contribution in [0, 0.1) is 5.82 Å². The van der Waals surface area contributed by atoms with E-state index in [-0.39, 0.29) is 18.3 Å². The third-order valence-corrected chi connectivity index (χ3v) is 6.63. The standard InChI is InChI=1S/C29H30FN5O4/c1-2-38-21-15-13-20(14-16-21)28(29(37)31-18-22-8-7-17-39-22)35(25-11-5-3-9-23(25)30)27(36)19-34-26-12-6-4-10-24(26)32-33-34/h3-6,9-16,22,28H,2,7-8,17-19H2,1H3,(H,31,37)/t22-,28+/m0/s1. The number of halogens is 1. The minimum absolute atomic E-state index is 0.0157. The van der Waals surface area contributed by atoms with Gasteiger partial charge in [-0.1, -0.05) is 41.6 Å². The van der Waals surface area contributed by atoms with Crippen LogP contribution in [0.15, 0.2) is 72.8 Å². The zero-order chi connectivity index (χ0) is 27.2. The minimum atomic E-state index is -1.17. The average molecular weight is 532 g/mol. The third kappa shape index (κ3) is 5.91. The van der Waals surface area contributed by atoms with Crippen LogP contribution in [0.4, 0.5) is 10.1 Å². The molecule has 10 heteroatoms. The van der Waals surface area contributed by atoms with E-state index in [2.05, 4.69) is 15.6 Å². The maximum atomic E-state index is 15.3. The Hall–Kier alpha value is -4.31. The van der Waals surface area contributed by atoms with Gasteiger partial charge in [-0.15, -0.1) is 5.10 Å². The molecule has 1 fully saturated rings. The molecule has 1 aromatic heterocycles. The van der Waals surface area contributed by atoms with Crippen LogP contribution in [-0.2, 0) is 20.9 Å². The number of hydrogen-bond donors (Lipinski definition) is 1. The molecule has 0 saturated carbocycles. The highest BCUT2D eigenvalue weighted by molar-refractivity contribution is 6.01. The number of aromatic nitrogens is 3. The highest BCUT2D eigenvalue weighted by atomic mass is 19.1. The van der Waals surface area contributed by atoms with E-state index in [4.69, 9.17) is 9.47 Å². The van der Waals surface area contributed by atoms with Gasteiger partial charge in [-0.3, -0.25) is 14.5 Å². The predicted octanol–water partition coefficient (Wildman–Crippen LogP) is 4.04. The first-order chi connectivity index (χ1) is 19.0. The molecule has 0 bridgehead atoms. The predicted molar refractivity (Wildman–Crippen MR) is 144 cm³/mol. The van der Waals surface area contributed by atoms with Gasteiger partial charge in [-0.25, -0.2) is 9.07 Å². The smallest absolute Gasteiger partial charge is 0.249 e. The van der Waals surface area contributed by atoms with Crippen molar-refractivity contribution in [2.75, 3.05) is 24.7 Å². The van der Waals surface area contributed by atoms with Gasteiger partial charge in [0.15, 0.2) is 0 Å². The fourth-order valence-electron chi connectivity index (χ4n) is 4.75. The van der Waals surface area contributed by atoms with Crippen molar-refractivity contribution in [1.82, 2.24) is 20.3 Å². The molecule has 0 unspecified atom stereocenters. The molecule has 0 spiro atoms. The minimum Gasteiger partial charge on any atom is -0.494 e. The SMILES string of the molecule is CCOc1ccc([C@H](C(=O)NC[C@@H]2CCCO2)N(C(=O)Cn2nnc3ccccc32)c2ccccc2F)cc1. The van der Waals surface area contributed by atoms with Crippen LogP contribution in [-0.4, -0.2) is 52.7 Å². The molecular formula is C29H30FN5O4. The van der Waals surface area contributed by atoms with E-state index in [1.807, 2.05) is 19.1 Å². The Morgan fingerprint density at radius 1 is 1.13 bits per heavy atom. The van der Waals surface area contributed by atoms with E-state index >= 15 is 4.39 Å². The second-order valence-electron chi connectivity index (χ2n) is 9.24. The molecule has 39 heavy (non-hydrogen) atoms. The fourth-order valence-corrected chi connectivity index (χ4v) is 4.75. The molecular weight excluding hydrogens is 501 g/mol. The van der Waals surface area contributed by atoms with Gasteiger partial charge in [-0.2, -0.15) is 0 Å². The molecule has 1 aliphatic heterocycles. The number of para-hydroxylation sites is 2. The topological polar surface area (TPSA) is 98.6 Å². The molecule has 5 rings (SSSR count). The number of amides is 2. The molecule has 2 amide bonds. The third-order valence-electron chi connectivity index (χ3n) is 6.63. The monoisotopic (exact) mass is 531 g/mol. The summed E-state index contributed by atoms with van der Waals surface area (Å²) in [6.45, 7) is 3.05. The number of hydrogen-bond acceptors (Lipinski definition) is 6. The number of benzene rings is 3. The number of ether oxygens (including phenoxy) is 2. The summed E-state index contributed by atoms with van der Waals surface area (Å²) in [5.41, 5.74) is 1.77. The van der Waals surface area contributed by atoms with Crippen molar-refractivity contribution < 1.29 is 23.5 Å². The lowest BCUT2D eigenvalue weighted by molar-refractivity contribution is -0.127. The van der Waals surface area contributed by atoms with Crippen molar-refractivity contribution in [1.29, 1.82) is 0 Å². The molecule has 1 saturated heterocycles. The van der Waals surface area contributed by atoms with Crippen LogP contribution in [0.3, 0.4) is 0 Å². The molecule has 4 aromatic rings. The lowest BCUT2D eigenvalue weighted by Gasteiger charge is -2.32. The maximum absolute atomic E-state index is 15.3. The number of carbonyl (C=O) groups is 2. The van der Waals surface area contributed by atoms with Crippen molar-refractivity contribution in [3.05, 3.63) is 84.2 Å². The number of nitrogens with one attached hydrogen (secondary N) is 1. The normalized spacial score (nSPS) is 15.7. The Balaban J connectivity index is 1.54. The van der Waals surface area contributed by atoms with Crippen molar-refractivity contribution in [2.45, 2.75) is 38.5 Å². The second kappa shape index (κ2) is 12.0. The van der Waals surface area contributed by atoms with Gasteiger partial charge in [0.05, 0.1) is 23.9 Å². The van der Waals surface area contributed by atoms with Crippen molar-refractivity contribution >= 4 is 28.5 Å². The van der Waals surface area contributed by atoms with Gasteiger partial charge >= 0.3 is 0 Å². The van der Waals surface area contributed by atoms with E-state index in [9.17, 15) is 9.59 Å². The summed E-state index contributed by atoms with van der Waals surface area (Å²) in [5.74, 6) is -0.980. The summed E-state index contributed by atoms with van der Waals surface area (Å²) in [5, 5.41) is 11.2. The van der Waals surface area contributed by atoms with E-state index in [1.54, 1.807) is 42.5 Å².